The fourth-order valence-electron chi connectivity index (χ4n) is 8.49. The molecule has 0 saturated heterocycles. The predicted molar refractivity (Wildman–Crippen MR) is 235 cm³/mol. The van der Waals surface area contributed by atoms with E-state index in [4.69, 9.17) is 9.40 Å². The van der Waals surface area contributed by atoms with Crippen molar-refractivity contribution < 1.29 is 4.42 Å². The van der Waals surface area contributed by atoms with Crippen molar-refractivity contribution in [2.75, 3.05) is 4.90 Å². The third-order valence-corrected chi connectivity index (χ3v) is 11.0. The third-order valence-electron chi connectivity index (χ3n) is 11.0. The van der Waals surface area contributed by atoms with E-state index < -0.39 is 0 Å². The van der Waals surface area contributed by atoms with Crippen LogP contribution in [0, 0.1) is 0 Å². The zero-order chi connectivity index (χ0) is 37.0. The minimum atomic E-state index is 0.629. The number of anilines is 3. The van der Waals surface area contributed by atoms with E-state index in [1.807, 2.05) is 30.3 Å². The van der Waals surface area contributed by atoms with Crippen LogP contribution < -0.4 is 4.90 Å². The smallest absolute Gasteiger partial charge is 0.227 e. The Morgan fingerprint density at radius 2 is 1.02 bits per heavy atom. The zero-order valence-electron chi connectivity index (χ0n) is 30.4. The monoisotopic (exact) mass is 714 g/mol. The summed E-state index contributed by atoms with van der Waals surface area (Å²) in [6.45, 7) is 0. The fraction of sp³-hybridized carbons (Fsp3) is 0. The quantitative estimate of drug-likeness (QED) is 0.161. The summed E-state index contributed by atoms with van der Waals surface area (Å²) in [7, 11) is 0. The van der Waals surface area contributed by atoms with Gasteiger partial charge in [0, 0.05) is 33.1 Å². The highest BCUT2D eigenvalue weighted by molar-refractivity contribution is 6.29. The molecule has 3 heteroatoms. The molecule has 0 bridgehead atoms. The number of hydrogen-bond acceptors (Lipinski definition) is 3. The van der Waals surface area contributed by atoms with Gasteiger partial charge < -0.3 is 9.32 Å². The van der Waals surface area contributed by atoms with Gasteiger partial charge in [0.15, 0.2) is 5.58 Å². The fourth-order valence-corrected chi connectivity index (χ4v) is 8.49. The van der Waals surface area contributed by atoms with Crippen LogP contribution in [-0.2, 0) is 0 Å². The second-order valence-electron chi connectivity index (χ2n) is 14.3. The molecule has 0 radical (unpaired) electrons. The Hall–Kier alpha value is -7.49. The van der Waals surface area contributed by atoms with Crippen molar-refractivity contribution in [3.05, 3.63) is 206 Å². The van der Waals surface area contributed by atoms with Crippen LogP contribution in [0.25, 0.3) is 87.9 Å². The summed E-state index contributed by atoms with van der Waals surface area (Å²) in [5, 5.41) is 9.29. The molecule has 0 aliphatic carbocycles. The van der Waals surface area contributed by atoms with Crippen LogP contribution in [-0.4, -0.2) is 4.98 Å². The molecule has 0 unspecified atom stereocenters. The number of nitrogens with zero attached hydrogens (tertiary/aromatic N) is 2. The number of hydrogen-bond donors (Lipinski definition) is 0. The van der Waals surface area contributed by atoms with Crippen molar-refractivity contribution in [2.45, 2.75) is 0 Å². The molecule has 262 valence electrons. The highest BCUT2D eigenvalue weighted by atomic mass is 16.3. The number of benzene rings is 10. The molecule has 0 aliphatic rings. The van der Waals surface area contributed by atoms with Gasteiger partial charge >= 0.3 is 0 Å². The molecule has 0 N–H and O–H groups in total. The standard InChI is InChI=1S/C53H34N2O/c1-4-15-35(16-5-1)38-20-12-23-41(33-38)55(40-21-8-3-9-22-40)49-28-14-26-43-44(25-13-27-45(43)49)47-34-39-19-10-11-24-42(39)51-46(47)31-29-36-30-32-48-52(50(36)51)56-53(54-48)37-17-6-2-7-18-37/h1-34H. The molecule has 3 nitrogen and oxygen atoms in total. The first-order chi connectivity index (χ1) is 27.8. The van der Waals surface area contributed by atoms with E-state index in [1.54, 1.807) is 0 Å². The molecular weight excluding hydrogens is 681 g/mol. The molecule has 11 aromatic rings. The SMILES string of the molecule is c1ccc(-c2cccc(N(c3ccccc3)c3cccc4c(-c5cc6ccccc6c6c5ccc5ccc7nc(-c8ccccc8)oc7c56)cccc34)c2)cc1. The first kappa shape index (κ1) is 32.0. The van der Waals surface area contributed by atoms with E-state index in [2.05, 4.69) is 181 Å². The van der Waals surface area contributed by atoms with E-state index in [1.165, 1.54) is 54.6 Å². The highest BCUT2D eigenvalue weighted by Crippen LogP contribution is 2.46. The summed E-state index contributed by atoms with van der Waals surface area (Å²) in [6.07, 6.45) is 0. The lowest BCUT2D eigenvalue weighted by Gasteiger charge is -2.27. The molecule has 11 rings (SSSR count). The predicted octanol–water partition coefficient (Wildman–Crippen LogP) is 14.9. The topological polar surface area (TPSA) is 29.3 Å². The van der Waals surface area contributed by atoms with E-state index in [-0.39, 0.29) is 0 Å². The van der Waals surface area contributed by atoms with E-state index >= 15 is 0 Å². The van der Waals surface area contributed by atoms with Crippen LogP contribution in [0.3, 0.4) is 0 Å². The van der Waals surface area contributed by atoms with Crippen molar-refractivity contribution in [3.8, 4) is 33.7 Å². The van der Waals surface area contributed by atoms with Crippen LogP contribution in [0.1, 0.15) is 0 Å². The maximum atomic E-state index is 6.69. The number of rotatable bonds is 6. The lowest BCUT2D eigenvalue weighted by molar-refractivity contribution is 0.623. The summed E-state index contributed by atoms with van der Waals surface area (Å²) >= 11 is 0. The largest absolute Gasteiger partial charge is 0.435 e. The van der Waals surface area contributed by atoms with Crippen LogP contribution >= 0.6 is 0 Å². The molecule has 0 saturated carbocycles. The van der Waals surface area contributed by atoms with Gasteiger partial charge in [-0.2, -0.15) is 0 Å². The molecule has 0 fully saturated rings. The summed E-state index contributed by atoms with van der Waals surface area (Å²) < 4.78 is 6.69. The van der Waals surface area contributed by atoms with Gasteiger partial charge in [-0.25, -0.2) is 4.98 Å². The number of fused-ring (bicyclic) bond motifs is 8. The first-order valence-electron chi connectivity index (χ1n) is 19.0. The molecule has 1 heterocycles. The van der Waals surface area contributed by atoms with Crippen LogP contribution in [0.5, 0.6) is 0 Å². The Labute approximate surface area is 324 Å². The van der Waals surface area contributed by atoms with Gasteiger partial charge in [0.25, 0.3) is 0 Å². The summed E-state index contributed by atoms with van der Waals surface area (Å²) in [4.78, 5) is 7.35. The Kier molecular flexibility index (Phi) is 7.49. The molecule has 0 aliphatic heterocycles. The lowest BCUT2D eigenvalue weighted by atomic mass is 9.88. The Morgan fingerprint density at radius 1 is 0.375 bits per heavy atom. The molecule has 0 spiro atoms. The van der Waals surface area contributed by atoms with Crippen molar-refractivity contribution in [1.82, 2.24) is 4.98 Å². The Balaban J connectivity index is 1.16. The highest BCUT2D eigenvalue weighted by Gasteiger charge is 2.21. The first-order valence-corrected chi connectivity index (χ1v) is 19.0. The van der Waals surface area contributed by atoms with Gasteiger partial charge in [-0.15, -0.1) is 0 Å². The second-order valence-corrected chi connectivity index (χ2v) is 14.3. The van der Waals surface area contributed by atoms with E-state index in [0.717, 1.165) is 44.5 Å². The van der Waals surface area contributed by atoms with Crippen molar-refractivity contribution in [2.24, 2.45) is 0 Å². The molecule has 0 atom stereocenters. The molecule has 10 aromatic carbocycles. The molecular formula is C53H34N2O. The average Bonchev–Trinajstić information content (AvgIpc) is 3.72. The Bertz CT molecular complexity index is 3240. The van der Waals surface area contributed by atoms with Gasteiger partial charge in [-0.05, 0) is 104 Å². The summed E-state index contributed by atoms with van der Waals surface area (Å²) in [5.41, 5.74) is 10.7. The Morgan fingerprint density at radius 3 is 1.86 bits per heavy atom. The summed E-state index contributed by atoms with van der Waals surface area (Å²) in [5.74, 6) is 0.629. The molecule has 0 amide bonds. The van der Waals surface area contributed by atoms with Crippen molar-refractivity contribution in [1.29, 1.82) is 0 Å². The van der Waals surface area contributed by atoms with Gasteiger partial charge in [0.1, 0.15) is 5.52 Å². The van der Waals surface area contributed by atoms with Gasteiger partial charge in [-0.1, -0.05) is 152 Å². The van der Waals surface area contributed by atoms with Crippen LogP contribution in [0.4, 0.5) is 17.1 Å². The van der Waals surface area contributed by atoms with Crippen LogP contribution in [0.15, 0.2) is 211 Å². The average molecular weight is 715 g/mol. The van der Waals surface area contributed by atoms with Gasteiger partial charge in [-0.3, -0.25) is 0 Å². The van der Waals surface area contributed by atoms with E-state index in [0.29, 0.717) is 5.89 Å². The molecule has 56 heavy (non-hydrogen) atoms. The summed E-state index contributed by atoms with van der Waals surface area (Å²) in [6, 6.07) is 73.5. The minimum Gasteiger partial charge on any atom is -0.435 e. The number of oxazole rings is 1. The number of para-hydroxylation sites is 1. The molecule has 1 aromatic heterocycles. The maximum Gasteiger partial charge on any atom is 0.227 e. The maximum absolute atomic E-state index is 6.69. The minimum absolute atomic E-state index is 0.629. The lowest BCUT2D eigenvalue weighted by Crippen LogP contribution is -2.10. The number of aromatic nitrogens is 1. The second kappa shape index (κ2) is 13.1. The van der Waals surface area contributed by atoms with Crippen molar-refractivity contribution >= 4 is 71.3 Å². The zero-order valence-corrected chi connectivity index (χ0v) is 30.4. The van der Waals surface area contributed by atoms with Gasteiger partial charge in [0.2, 0.25) is 5.89 Å². The normalized spacial score (nSPS) is 11.6. The van der Waals surface area contributed by atoms with Crippen molar-refractivity contribution in [3.63, 3.8) is 0 Å². The van der Waals surface area contributed by atoms with Gasteiger partial charge in [0.05, 0.1) is 5.69 Å². The third kappa shape index (κ3) is 5.25. The van der Waals surface area contributed by atoms with Crippen LogP contribution in [0.2, 0.25) is 0 Å². The van der Waals surface area contributed by atoms with E-state index in [9.17, 15) is 0 Å².